The highest BCUT2D eigenvalue weighted by atomic mass is 16.5. The van der Waals surface area contributed by atoms with Crippen LogP contribution in [0.2, 0.25) is 0 Å². The molecule has 1 fully saturated rings. The fraction of sp³-hybridized carbons (Fsp3) is 0.500. The van der Waals surface area contributed by atoms with Gasteiger partial charge in [0.1, 0.15) is 0 Å². The van der Waals surface area contributed by atoms with Crippen molar-refractivity contribution in [3.05, 3.63) is 29.8 Å². The Balaban J connectivity index is 1.91. The fourth-order valence-electron chi connectivity index (χ4n) is 2.09. The first kappa shape index (κ1) is 11.9. The minimum atomic E-state index is 0.484. The number of anilines is 1. The maximum atomic E-state index is 8.60. The molecule has 1 aliphatic rings. The largest absolute Gasteiger partial charge is 0.382 e. The fourth-order valence-corrected chi connectivity index (χ4v) is 2.09. The summed E-state index contributed by atoms with van der Waals surface area (Å²) in [5.74, 6) is 0. The highest BCUT2D eigenvalue weighted by molar-refractivity contribution is 5.45. The Bertz CT molecular complexity index is 372. The third-order valence-electron chi connectivity index (χ3n) is 3.06. The van der Waals surface area contributed by atoms with Crippen LogP contribution in [-0.2, 0) is 11.2 Å². The lowest BCUT2D eigenvalue weighted by atomic mass is 10.1. The van der Waals surface area contributed by atoms with Crippen LogP contribution in [0.3, 0.4) is 0 Å². The molecule has 1 atom stereocenters. The zero-order chi connectivity index (χ0) is 11.9. The van der Waals surface area contributed by atoms with Gasteiger partial charge in [0.15, 0.2) is 0 Å². The van der Waals surface area contributed by atoms with Gasteiger partial charge in [-0.15, -0.1) is 0 Å². The summed E-state index contributed by atoms with van der Waals surface area (Å²) in [4.78, 5) is 0. The smallest absolute Gasteiger partial charge is 0.0669 e. The Kier molecular flexibility index (Phi) is 4.40. The molecule has 17 heavy (non-hydrogen) atoms. The van der Waals surface area contributed by atoms with Gasteiger partial charge in [-0.05, 0) is 37.0 Å². The van der Waals surface area contributed by atoms with Gasteiger partial charge in [-0.3, -0.25) is 0 Å². The Morgan fingerprint density at radius 3 is 2.82 bits per heavy atom. The van der Waals surface area contributed by atoms with Crippen LogP contribution in [0, 0.1) is 11.3 Å². The zero-order valence-corrected chi connectivity index (χ0v) is 9.98. The van der Waals surface area contributed by atoms with E-state index in [0.717, 1.165) is 37.3 Å². The van der Waals surface area contributed by atoms with Crippen molar-refractivity contribution in [1.29, 1.82) is 5.26 Å². The molecule has 90 valence electrons. The average Bonchev–Trinajstić information content (AvgIpc) is 2.61. The van der Waals surface area contributed by atoms with Gasteiger partial charge < -0.3 is 10.1 Å². The number of ether oxygens (including phenoxy) is 1. The molecular weight excluding hydrogens is 212 g/mol. The monoisotopic (exact) mass is 230 g/mol. The molecule has 0 bridgehead atoms. The Morgan fingerprint density at radius 1 is 1.24 bits per heavy atom. The maximum absolute atomic E-state index is 8.60. The standard InChI is InChI=1S/C14H18N2O/c15-9-7-12-3-5-14(6-4-12)16-13-2-1-10-17-11-8-13/h3-6,13,16H,1-2,7-8,10-11H2. The molecule has 3 nitrogen and oxygen atoms in total. The molecule has 0 saturated carbocycles. The molecule has 1 heterocycles. The van der Waals surface area contributed by atoms with E-state index in [2.05, 4.69) is 23.5 Å². The number of benzene rings is 1. The summed E-state index contributed by atoms with van der Waals surface area (Å²) >= 11 is 0. The van der Waals surface area contributed by atoms with Gasteiger partial charge in [-0.25, -0.2) is 0 Å². The summed E-state index contributed by atoms with van der Waals surface area (Å²) in [6.45, 7) is 1.74. The Labute approximate surface area is 102 Å². The predicted molar refractivity (Wildman–Crippen MR) is 67.8 cm³/mol. The molecule has 0 radical (unpaired) electrons. The van der Waals surface area contributed by atoms with Crippen molar-refractivity contribution in [1.82, 2.24) is 0 Å². The van der Waals surface area contributed by atoms with E-state index in [0.29, 0.717) is 12.5 Å². The van der Waals surface area contributed by atoms with Gasteiger partial charge in [-0.2, -0.15) is 5.26 Å². The van der Waals surface area contributed by atoms with E-state index in [4.69, 9.17) is 10.00 Å². The third kappa shape index (κ3) is 3.76. The highest BCUT2D eigenvalue weighted by Crippen LogP contribution is 2.16. The number of nitriles is 1. The van der Waals surface area contributed by atoms with Crippen molar-refractivity contribution in [2.45, 2.75) is 31.7 Å². The van der Waals surface area contributed by atoms with Crippen molar-refractivity contribution in [3.63, 3.8) is 0 Å². The van der Waals surface area contributed by atoms with Gasteiger partial charge >= 0.3 is 0 Å². The molecule has 3 heteroatoms. The number of hydrogen-bond acceptors (Lipinski definition) is 3. The minimum absolute atomic E-state index is 0.484. The second kappa shape index (κ2) is 6.27. The predicted octanol–water partition coefficient (Wildman–Crippen LogP) is 2.73. The van der Waals surface area contributed by atoms with Gasteiger partial charge in [0.2, 0.25) is 0 Å². The average molecular weight is 230 g/mol. The van der Waals surface area contributed by atoms with Crippen LogP contribution in [0.4, 0.5) is 5.69 Å². The Hall–Kier alpha value is -1.53. The number of nitrogens with zero attached hydrogens (tertiary/aromatic N) is 1. The van der Waals surface area contributed by atoms with E-state index in [-0.39, 0.29) is 0 Å². The first-order valence-corrected chi connectivity index (χ1v) is 6.18. The van der Waals surface area contributed by atoms with E-state index in [1.165, 1.54) is 6.42 Å². The summed E-state index contributed by atoms with van der Waals surface area (Å²) < 4.78 is 5.44. The van der Waals surface area contributed by atoms with Gasteiger partial charge in [0.05, 0.1) is 12.5 Å². The molecule has 2 rings (SSSR count). The lowest BCUT2D eigenvalue weighted by Crippen LogP contribution is -2.19. The number of nitrogens with one attached hydrogen (secondary N) is 1. The van der Waals surface area contributed by atoms with E-state index >= 15 is 0 Å². The summed E-state index contributed by atoms with van der Waals surface area (Å²) in [6.07, 6.45) is 3.85. The molecule has 0 amide bonds. The Morgan fingerprint density at radius 2 is 2.06 bits per heavy atom. The van der Waals surface area contributed by atoms with Crippen molar-refractivity contribution in [2.75, 3.05) is 18.5 Å². The van der Waals surface area contributed by atoms with Crippen molar-refractivity contribution >= 4 is 5.69 Å². The summed E-state index contributed by atoms with van der Waals surface area (Å²) in [7, 11) is 0. The topological polar surface area (TPSA) is 45.0 Å². The first-order valence-electron chi connectivity index (χ1n) is 6.18. The lowest BCUT2D eigenvalue weighted by molar-refractivity contribution is 0.144. The highest BCUT2D eigenvalue weighted by Gasteiger charge is 2.11. The second-order valence-electron chi connectivity index (χ2n) is 4.42. The minimum Gasteiger partial charge on any atom is -0.382 e. The van der Waals surface area contributed by atoms with Crippen LogP contribution in [0.15, 0.2) is 24.3 Å². The van der Waals surface area contributed by atoms with Crippen molar-refractivity contribution in [2.24, 2.45) is 0 Å². The molecule has 1 saturated heterocycles. The van der Waals surface area contributed by atoms with E-state index < -0.39 is 0 Å². The number of rotatable bonds is 3. The van der Waals surface area contributed by atoms with Crippen LogP contribution < -0.4 is 5.32 Å². The molecule has 1 aromatic carbocycles. The molecule has 1 aromatic rings. The van der Waals surface area contributed by atoms with Gasteiger partial charge in [0, 0.05) is 24.9 Å². The third-order valence-corrected chi connectivity index (χ3v) is 3.06. The summed E-state index contributed by atoms with van der Waals surface area (Å²) in [5.41, 5.74) is 2.21. The molecule has 0 aromatic heterocycles. The van der Waals surface area contributed by atoms with Gasteiger partial charge in [0.25, 0.3) is 0 Å². The van der Waals surface area contributed by atoms with Crippen LogP contribution in [0.5, 0.6) is 0 Å². The molecule has 1 N–H and O–H groups in total. The molecule has 1 aliphatic heterocycles. The van der Waals surface area contributed by atoms with Crippen LogP contribution in [0.25, 0.3) is 0 Å². The van der Waals surface area contributed by atoms with Crippen LogP contribution in [0.1, 0.15) is 24.8 Å². The van der Waals surface area contributed by atoms with E-state index in [9.17, 15) is 0 Å². The normalized spacial score (nSPS) is 20.3. The van der Waals surface area contributed by atoms with Crippen molar-refractivity contribution in [3.8, 4) is 6.07 Å². The molecule has 0 spiro atoms. The second-order valence-corrected chi connectivity index (χ2v) is 4.42. The quantitative estimate of drug-likeness (QED) is 0.868. The van der Waals surface area contributed by atoms with Gasteiger partial charge in [-0.1, -0.05) is 12.1 Å². The number of hydrogen-bond donors (Lipinski definition) is 1. The first-order chi connectivity index (χ1) is 8.38. The summed E-state index contributed by atoms with van der Waals surface area (Å²) in [5, 5.41) is 12.1. The molecule has 0 aliphatic carbocycles. The lowest BCUT2D eigenvalue weighted by Gasteiger charge is -2.17. The van der Waals surface area contributed by atoms with E-state index in [1.54, 1.807) is 0 Å². The SMILES string of the molecule is N#CCc1ccc(NC2CCCOCC2)cc1. The van der Waals surface area contributed by atoms with Crippen molar-refractivity contribution < 1.29 is 4.74 Å². The zero-order valence-electron chi connectivity index (χ0n) is 9.98. The summed E-state index contributed by atoms with van der Waals surface area (Å²) in [6, 6.07) is 10.8. The molecular formula is C14H18N2O. The molecule has 1 unspecified atom stereocenters. The van der Waals surface area contributed by atoms with E-state index in [1.807, 2.05) is 12.1 Å². The van der Waals surface area contributed by atoms with Crippen LogP contribution in [-0.4, -0.2) is 19.3 Å². The van der Waals surface area contributed by atoms with Crippen LogP contribution >= 0.6 is 0 Å². The maximum Gasteiger partial charge on any atom is 0.0669 e.